The first-order valence-corrected chi connectivity index (χ1v) is 8.37. The Kier molecular flexibility index (Phi) is 4.75. The second kappa shape index (κ2) is 6.80. The van der Waals surface area contributed by atoms with Crippen LogP contribution in [0.4, 0.5) is 0 Å². The van der Waals surface area contributed by atoms with Gasteiger partial charge in [-0.15, -0.1) is 0 Å². The van der Waals surface area contributed by atoms with E-state index in [-0.39, 0.29) is 4.32 Å². The molecule has 1 aliphatic rings. The number of carbonyl (C=O) groups excluding carboxylic acids is 1. The summed E-state index contributed by atoms with van der Waals surface area (Å²) in [7, 11) is 0. The first-order valence-electron chi connectivity index (χ1n) is 6.77. The molecule has 24 heavy (non-hydrogen) atoms. The van der Waals surface area contributed by atoms with Gasteiger partial charge in [0, 0.05) is 16.7 Å². The van der Waals surface area contributed by atoms with Crippen LogP contribution in [0.25, 0.3) is 17.4 Å². The highest BCUT2D eigenvalue weighted by atomic mass is 35.5. The largest absolute Gasteiger partial charge is 0.480 e. The third-order valence-electron chi connectivity index (χ3n) is 3.20. The Labute approximate surface area is 151 Å². The Hall–Kier alpha value is -2.09. The number of carbonyl (C=O) groups is 2. The molecule has 0 aliphatic carbocycles. The van der Waals surface area contributed by atoms with Crippen LogP contribution in [0.15, 0.2) is 45.7 Å². The summed E-state index contributed by atoms with van der Waals surface area (Å²) in [6, 6.07) is 10.7. The number of rotatable bonds is 4. The molecule has 3 rings (SSSR count). The van der Waals surface area contributed by atoms with Crippen molar-refractivity contribution < 1.29 is 19.1 Å². The lowest BCUT2D eigenvalue weighted by atomic mass is 10.2. The Morgan fingerprint density at radius 1 is 1.29 bits per heavy atom. The molecule has 1 amide bonds. The van der Waals surface area contributed by atoms with Gasteiger partial charge < -0.3 is 9.52 Å². The van der Waals surface area contributed by atoms with Crippen LogP contribution in [-0.2, 0) is 9.59 Å². The third kappa shape index (κ3) is 3.53. The van der Waals surface area contributed by atoms with E-state index in [0.717, 1.165) is 22.2 Å². The molecule has 0 bridgehead atoms. The second-order valence-electron chi connectivity index (χ2n) is 4.87. The highest BCUT2D eigenvalue weighted by Gasteiger charge is 2.33. The van der Waals surface area contributed by atoms with Crippen molar-refractivity contribution in [3.8, 4) is 11.3 Å². The van der Waals surface area contributed by atoms with Gasteiger partial charge in [0.15, 0.2) is 0 Å². The predicted molar refractivity (Wildman–Crippen MR) is 96.7 cm³/mol. The summed E-state index contributed by atoms with van der Waals surface area (Å²) in [6.45, 7) is -0.448. The summed E-state index contributed by atoms with van der Waals surface area (Å²) in [5.74, 6) is -0.429. The summed E-state index contributed by atoms with van der Waals surface area (Å²) < 4.78 is 5.93. The number of carboxylic acid groups (broad SMARTS) is 1. The molecule has 1 aromatic carbocycles. The van der Waals surface area contributed by atoms with Gasteiger partial charge >= 0.3 is 5.97 Å². The minimum atomic E-state index is -1.12. The molecule has 122 valence electrons. The molecule has 8 heteroatoms. The molecule has 1 saturated heterocycles. The normalized spacial score (nSPS) is 16.2. The van der Waals surface area contributed by atoms with Gasteiger partial charge in [0.05, 0.1) is 4.91 Å². The highest BCUT2D eigenvalue weighted by molar-refractivity contribution is 8.26. The molecule has 0 spiro atoms. The number of hydrogen-bond donors (Lipinski definition) is 1. The smallest absolute Gasteiger partial charge is 0.323 e. The fourth-order valence-corrected chi connectivity index (χ4v) is 3.46. The number of furan rings is 1. The maximum Gasteiger partial charge on any atom is 0.323 e. The number of aliphatic carboxylic acids is 1. The number of benzene rings is 1. The molecule has 0 unspecified atom stereocenters. The van der Waals surface area contributed by atoms with Crippen molar-refractivity contribution in [3.63, 3.8) is 0 Å². The van der Waals surface area contributed by atoms with Crippen LogP contribution in [0.2, 0.25) is 5.02 Å². The van der Waals surface area contributed by atoms with Crippen molar-refractivity contribution in [2.45, 2.75) is 0 Å². The zero-order valence-electron chi connectivity index (χ0n) is 12.1. The lowest BCUT2D eigenvalue weighted by Crippen LogP contribution is -2.33. The summed E-state index contributed by atoms with van der Waals surface area (Å²) in [5, 5.41) is 9.46. The molecule has 1 fully saturated rings. The van der Waals surface area contributed by atoms with Gasteiger partial charge in [0.1, 0.15) is 22.4 Å². The number of halogens is 1. The van der Waals surface area contributed by atoms with E-state index in [4.69, 9.17) is 33.3 Å². The zero-order valence-corrected chi connectivity index (χ0v) is 14.5. The Balaban J connectivity index is 1.82. The molecule has 5 nitrogen and oxygen atoms in total. The van der Waals surface area contributed by atoms with Gasteiger partial charge in [-0.2, -0.15) is 0 Å². The van der Waals surface area contributed by atoms with Crippen LogP contribution in [0, 0.1) is 0 Å². The molecular weight excluding hydrogens is 370 g/mol. The topological polar surface area (TPSA) is 70.8 Å². The first-order chi connectivity index (χ1) is 11.4. The standard InChI is InChI=1S/C16H10ClNO4S2/c17-10-3-1-9(2-4-10)12-6-5-11(22-12)7-13-15(21)18(8-14(19)20)16(23)24-13/h1-7H,8H2,(H,19,20)/b13-7+. The highest BCUT2D eigenvalue weighted by Crippen LogP contribution is 2.33. The van der Waals surface area contributed by atoms with Crippen LogP contribution in [0.5, 0.6) is 0 Å². The maximum absolute atomic E-state index is 12.2. The van der Waals surface area contributed by atoms with Crippen LogP contribution in [0.3, 0.4) is 0 Å². The monoisotopic (exact) mass is 379 g/mol. The fourth-order valence-electron chi connectivity index (χ4n) is 2.10. The minimum absolute atomic E-state index is 0.220. The van der Waals surface area contributed by atoms with Crippen LogP contribution in [-0.4, -0.2) is 32.7 Å². The van der Waals surface area contributed by atoms with Gasteiger partial charge in [-0.1, -0.05) is 35.6 Å². The number of thioether (sulfide) groups is 1. The van der Waals surface area contributed by atoms with Crippen molar-refractivity contribution in [1.29, 1.82) is 0 Å². The summed E-state index contributed by atoms with van der Waals surface area (Å²) >= 11 is 12.0. The summed E-state index contributed by atoms with van der Waals surface area (Å²) in [5.41, 5.74) is 0.859. The average Bonchev–Trinajstić information content (AvgIpc) is 3.09. The van der Waals surface area contributed by atoms with Crippen LogP contribution in [0.1, 0.15) is 5.76 Å². The molecule has 0 saturated carbocycles. The van der Waals surface area contributed by atoms with E-state index >= 15 is 0 Å². The number of carboxylic acids is 1. The molecule has 0 radical (unpaired) electrons. The summed E-state index contributed by atoms with van der Waals surface area (Å²) in [4.78, 5) is 24.4. The predicted octanol–water partition coefficient (Wildman–Crippen LogP) is 3.89. The van der Waals surface area contributed by atoms with Crippen LogP contribution < -0.4 is 0 Å². The lowest BCUT2D eigenvalue weighted by Gasteiger charge is -2.09. The fraction of sp³-hybridized carbons (Fsp3) is 0.0625. The van der Waals surface area contributed by atoms with E-state index in [2.05, 4.69) is 0 Å². The first kappa shape index (κ1) is 16.8. The van der Waals surface area contributed by atoms with Gasteiger partial charge in [-0.05, 0) is 36.4 Å². The third-order valence-corrected chi connectivity index (χ3v) is 4.83. The van der Waals surface area contributed by atoms with Crippen molar-refractivity contribution in [1.82, 2.24) is 4.90 Å². The van der Waals surface area contributed by atoms with E-state index in [1.807, 2.05) is 12.1 Å². The number of hydrogen-bond acceptors (Lipinski definition) is 5. The van der Waals surface area contributed by atoms with E-state index < -0.39 is 18.4 Å². The second-order valence-corrected chi connectivity index (χ2v) is 6.98. The Bertz CT molecular complexity index is 857. The van der Waals surface area contributed by atoms with Crippen LogP contribution >= 0.6 is 35.6 Å². The SMILES string of the molecule is O=C(O)CN1C(=O)/C(=C\c2ccc(-c3ccc(Cl)cc3)o2)SC1=S. The Morgan fingerprint density at radius 3 is 2.67 bits per heavy atom. The van der Waals surface area contributed by atoms with Gasteiger partial charge in [0.25, 0.3) is 5.91 Å². The van der Waals surface area contributed by atoms with E-state index in [1.54, 1.807) is 30.3 Å². The average molecular weight is 380 g/mol. The van der Waals surface area contributed by atoms with Crippen molar-refractivity contribution >= 4 is 57.9 Å². The minimum Gasteiger partial charge on any atom is -0.480 e. The van der Waals surface area contributed by atoms with Crippen molar-refractivity contribution in [2.75, 3.05) is 6.54 Å². The maximum atomic E-state index is 12.2. The number of nitrogens with zero attached hydrogens (tertiary/aromatic N) is 1. The van der Waals surface area contributed by atoms with Gasteiger partial charge in [0.2, 0.25) is 0 Å². The number of thiocarbonyl (C=S) groups is 1. The molecular formula is C16H10ClNO4S2. The molecule has 1 N–H and O–H groups in total. The van der Waals surface area contributed by atoms with Gasteiger partial charge in [-0.3, -0.25) is 14.5 Å². The van der Waals surface area contributed by atoms with E-state index in [1.165, 1.54) is 0 Å². The number of amides is 1. The molecule has 1 aliphatic heterocycles. The molecule has 2 aromatic rings. The molecule has 2 heterocycles. The summed E-state index contributed by atoms with van der Waals surface area (Å²) in [6.07, 6.45) is 1.56. The lowest BCUT2D eigenvalue weighted by molar-refractivity contribution is -0.140. The Morgan fingerprint density at radius 2 is 2.00 bits per heavy atom. The van der Waals surface area contributed by atoms with Gasteiger partial charge in [-0.25, -0.2) is 0 Å². The van der Waals surface area contributed by atoms with Crippen molar-refractivity contribution in [2.24, 2.45) is 0 Å². The van der Waals surface area contributed by atoms with Crippen molar-refractivity contribution in [3.05, 3.63) is 52.1 Å². The molecule has 0 atom stereocenters. The van der Waals surface area contributed by atoms with E-state index in [9.17, 15) is 9.59 Å². The quantitative estimate of drug-likeness (QED) is 0.642. The zero-order chi connectivity index (χ0) is 17.3. The molecule has 1 aromatic heterocycles. The van der Waals surface area contributed by atoms with E-state index in [0.29, 0.717) is 21.4 Å².